The van der Waals surface area contributed by atoms with Crippen molar-refractivity contribution in [3.8, 4) is 0 Å². The molecule has 0 aliphatic rings. The van der Waals surface area contributed by atoms with Crippen LogP contribution in [0.5, 0.6) is 0 Å². The maximum atomic E-state index is 13.8. The molecule has 1 amide bonds. The van der Waals surface area contributed by atoms with Gasteiger partial charge in [0.2, 0.25) is 0 Å². The van der Waals surface area contributed by atoms with Crippen molar-refractivity contribution in [1.29, 1.82) is 0 Å². The molecule has 0 unspecified atom stereocenters. The first-order valence-corrected chi connectivity index (χ1v) is 9.97. The molecule has 2 rings (SSSR count). The Kier molecular flexibility index (Phi) is 6.56. The number of ether oxygens (including phenoxy) is 1. The number of halogens is 2. The van der Waals surface area contributed by atoms with Crippen molar-refractivity contribution >= 4 is 39.0 Å². The third kappa shape index (κ3) is 5.05. The number of nitrogens with one attached hydrogen (secondary N) is 1. The second kappa shape index (κ2) is 8.49. The molecular formula is C18H17ClFNO5S. The number of benzene rings is 2. The molecule has 1 atom stereocenters. The molecule has 0 aliphatic heterocycles. The van der Waals surface area contributed by atoms with Gasteiger partial charge in [0, 0.05) is 5.02 Å². The van der Waals surface area contributed by atoms with E-state index in [4.69, 9.17) is 16.3 Å². The minimum Gasteiger partial charge on any atom is -0.449 e. The van der Waals surface area contributed by atoms with E-state index in [-0.39, 0.29) is 26.9 Å². The zero-order valence-corrected chi connectivity index (χ0v) is 16.1. The standard InChI is InChI=1S/C18H17ClFNO5S/c1-3-27(24,25)16-7-5-4-6-13(16)18(23)26-11(2)17(22)21-15-9-8-12(19)10-14(15)20/h4-11H,3H2,1-2H3,(H,21,22)/t11-/m0/s1. The third-order valence-electron chi connectivity index (χ3n) is 3.66. The predicted octanol–water partition coefficient (Wildman–Crippen LogP) is 3.46. The van der Waals surface area contributed by atoms with Crippen LogP contribution in [0.3, 0.4) is 0 Å². The van der Waals surface area contributed by atoms with Crippen LogP contribution in [0.15, 0.2) is 47.4 Å². The van der Waals surface area contributed by atoms with Crippen LogP contribution in [0.4, 0.5) is 10.1 Å². The van der Waals surface area contributed by atoms with Gasteiger partial charge in [-0.1, -0.05) is 30.7 Å². The third-order valence-corrected chi connectivity index (χ3v) is 5.69. The highest BCUT2D eigenvalue weighted by Gasteiger charge is 2.25. The zero-order chi connectivity index (χ0) is 20.2. The lowest BCUT2D eigenvalue weighted by Gasteiger charge is -2.15. The van der Waals surface area contributed by atoms with Crippen LogP contribution in [-0.2, 0) is 19.4 Å². The van der Waals surface area contributed by atoms with Crippen LogP contribution < -0.4 is 5.32 Å². The monoisotopic (exact) mass is 413 g/mol. The summed E-state index contributed by atoms with van der Waals surface area (Å²) in [5, 5.41) is 2.45. The van der Waals surface area contributed by atoms with E-state index in [0.717, 1.165) is 6.07 Å². The summed E-state index contributed by atoms with van der Waals surface area (Å²) >= 11 is 5.65. The Morgan fingerprint density at radius 1 is 1.22 bits per heavy atom. The van der Waals surface area contributed by atoms with E-state index in [1.165, 1.54) is 50.2 Å². The van der Waals surface area contributed by atoms with E-state index < -0.39 is 33.6 Å². The number of hydrogen-bond donors (Lipinski definition) is 1. The lowest BCUT2D eigenvalue weighted by atomic mass is 10.2. The average molecular weight is 414 g/mol. The summed E-state index contributed by atoms with van der Waals surface area (Å²) in [4.78, 5) is 24.3. The molecular weight excluding hydrogens is 397 g/mol. The Morgan fingerprint density at radius 3 is 2.52 bits per heavy atom. The van der Waals surface area contributed by atoms with Crippen LogP contribution in [0, 0.1) is 5.82 Å². The van der Waals surface area contributed by atoms with Gasteiger partial charge in [-0.2, -0.15) is 0 Å². The molecule has 2 aromatic carbocycles. The Bertz CT molecular complexity index is 977. The van der Waals surface area contributed by atoms with Gasteiger partial charge in [0.25, 0.3) is 5.91 Å². The number of hydrogen-bond acceptors (Lipinski definition) is 5. The minimum atomic E-state index is -3.65. The molecule has 144 valence electrons. The van der Waals surface area contributed by atoms with Crippen LogP contribution >= 0.6 is 11.6 Å². The highest BCUT2D eigenvalue weighted by molar-refractivity contribution is 7.91. The Balaban J connectivity index is 2.15. The van der Waals surface area contributed by atoms with E-state index in [1.807, 2.05) is 0 Å². The fraction of sp³-hybridized carbons (Fsp3) is 0.222. The number of rotatable bonds is 6. The summed E-state index contributed by atoms with van der Waals surface area (Å²) in [7, 11) is -3.65. The summed E-state index contributed by atoms with van der Waals surface area (Å²) in [6, 6.07) is 9.26. The number of carbonyl (C=O) groups excluding carboxylic acids is 2. The highest BCUT2D eigenvalue weighted by Crippen LogP contribution is 2.21. The Labute approximate surface area is 161 Å². The molecule has 6 nitrogen and oxygen atoms in total. The topological polar surface area (TPSA) is 89.5 Å². The highest BCUT2D eigenvalue weighted by atomic mass is 35.5. The molecule has 9 heteroatoms. The average Bonchev–Trinajstić information content (AvgIpc) is 2.63. The van der Waals surface area contributed by atoms with Gasteiger partial charge < -0.3 is 10.1 Å². The van der Waals surface area contributed by atoms with Crippen molar-refractivity contribution in [2.24, 2.45) is 0 Å². The maximum absolute atomic E-state index is 13.8. The van der Waals surface area contributed by atoms with E-state index in [1.54, 1.807) is 0 Å². The second-order valence-electron chi connectivity index (χ2n) is 5.56. The van der Waals surface area contributed by atoms with E-state index in [9.17, 15) is 22.4 Å². The molecule has 0 aromatic heterocycles. The first kappa shape index (κ1) is 20.9. The number of sulfone groups is 1. The van der Waals surface area contributed by atoms with Gasteiger partial charge in [0.05, 0.1) is 21.9 Å². The molecule has 0 aliphatic carbocycles. The smallest absolute Gasteiger partial charge is 0.340 e. The van der Waals surface area contributed by atoms with E-state index >= 15 is 0 Å². The van der Waals surface area contributed by atoms with Gasteiger partial charge in [0.15, 0.2) is 15.9 Å². The van der Waals surface area contributed by atoms with Crippen molar-refractivity contribution < 1.29 is 27.1 Å². The van der Waals surface area contributed by atoms with Crippen LogP contribution in [0.1, 0.15) is 24.2 Å². The Hall–Kier alpha value is -2.45. The first-order chi connectivity index (χ1) is 12.7. The summed E-state index contributed by atoms with van der Waals surface area (Å²) in [6.45, 7) is 2.74. The van der Waals surface area contributed by atoms with Crippen LogP contribution in [-0.4, -0.2) is 32.2 Å². The van der Waals surface area contributed by atoms with Gasteiger partial charge in [-0.3, -0.25) is 4.79 Å². The lowest BCUT2D eigenvalue weighted by Crippen LogP contribution is -2.30. The SMILES string of the molecule is CCS(=O)(=O)c1ccccc1C(=O)O[C@@H](C)C(=O)Nc1ccc(Cl)cc1F. The molecule has 0 fully saturated rings. The molecule has 0 spiro atoms. The van der Waals surface area contributed by atoms with Gasteiger partial charge in [0.1, 0.15) is 5.82 Å². The minimum absolute atomic E-state index is 0.124. The molecule has 0 bridgehead atoms. The second-order valence-corrected chi connectivity index (χ2v) is 8.24. The van der Waals surface area contributed by atoms with Gasteiger partial charge in [-0.05, 0) is 37.3 Å². The maximum Gasteiger partial charge on any atom is 0.340 e. The van der Waals surface area contributed by atoms with Gasteiger partial charge in [-0.15, -0.1) is 0 Å². The molecule has 0 saturated heterocycles. The fourth-order valence-electron chi connectivity index (χ4n) is 2.16. The molecule has 2 aromatic rings. The first-order valence-electron chi connectivity index (χ1n) is 7.94. The van der Waals surface area contributed by atoms with E-state index in [0.29, 0.717) is 0 Å². The van der Waals surface area contributed by atoms with Crippen molar-refractivity contribution in [2.45, 2.75) is 24.8 Å². The normalized spacial score (nSPS) is 12.3. The largest absolute Gasteiger partial charge is 0.449 e. The molecule has 0 heterocycles. The molecule has 0 radical (unpaired) electrons. The summed E-state index contributed by atoms with van der Waals surface area (Å²) in [5.41, 5.74) is -0.294. The quantitative estimate of drug-likeness (QED) is 0.732. The summed E-state index contributed by atoms with van der Waals surface area (Å²) in [5.74, 6) is -2.68. The van der Waals surface area contributed by atoms with Gasteiger partial charge in [-0.25, -0.2) is 17.6 Å². The molecule has 0 saturated carbocycles. The van der Waals surface area contributed by atoms with Gasteiger partial charge >= 0.3 is 5.97 Å². The fourth-order valence-corrected chi connectivity index (χ4v) is 3.41. The number of amides is 1. The lowest BCUT2D eigenvalue weighted by molar-refractivity contribution is -0.123. The molecule has 1 N–H and O–H groups in total. The van der Waals surface area contributed by atoms with Crippen molar-refractivity contribution in [2.75, 3.05) is 11.1 Å². The van der Waals surface area contributed by atoms with Crippen LogP contribution in [0.25, 0.3) is 0 Å². The number of anilines is 1. The summed E-state index contributed by atoms with van der Waals surface area (Å²) < 4.78 is 43.0. The van der Waals surface area contributed by atoms with Crippen molar-refractivity contribution in [1.82, 2.24) is 0 Å². The zero-order valence-electron chi connectivity index (χ0n) is 14.5. The predicted molar refractivity (Wildman–Crippen MR) is 99.1 cm³/mol. The number of esters is 1. The Morgan fingerprint density at radius 2 is 1.89 bits per heavy atom. The van der Waals surface area contributed by atoms with Crippen molar-refractivity contribution in [3.05, 3.63) is 58.9 Å². The molecule has 27 heavy (non-hydrogen) atoms. The number of carbonyl (C=O) groups is 2. The van der Waals surface area contributed by atoms with E-state index in [2.05, 4.69) is 5.32 Å². The van der Waals surface area contributed by atoms with Crippen molar-refractivity contribution in [3.63, 3.8) is 0 Å². The van der Waals surface area contributed by atoms with Crippen LogP contribution in [0.2, 0.25) is 5.02 Å². The summed E-state index contributed by atoms with van der Waals surface area (Å²) in [6.07, 6.45) is -1.29.